The van der Waals surface area contributed by atoms with Gasteiger partial charge >= 0.3 is 0 Å². The van der Waals surface area contributed by atoms with Gasteiger partial charge in [0, 0.05) is 24.4 Å². The molecule has 1 aromatic heterocycles. The molecule has 0 spiro atoms. The number of nitrogens with one attached hydrogen (secondary N) is 1. The van der Waals surface area contributed by atoms with E-state index in [-0.39, 0.29) is 22.5 Å². The summed E-state index contributed by atoms with van der Waals surface area (Å²) in [7, 11) is -0.368. The lowest BCUT2D eigenvalue weighted by Gasteiger charge is -2.24. The molecule has 0 radical (unpaired) electrons. The molecular weight excluding hydrogens is 400 g/mol. The predicted molar refractivity (Wildman–Crippen MR) is 117 cm³/mol. The fourth-order valence-electron chi connectivity index (χ4n) is 3.59. The van der Waals surface area contributed by atoms with Gasteiger partial charge in [-0.3, -0.25) is 14.8 Å². The number of aromatic nitrogens is 1. The third kappa shape index (κ3) is 4.09. The number of carbonyl (C=O) groups excluding carboxylic acids is 1. The number of hydrogen-bond acceptors (Lipinski definition) is 6. The van der Waals surface area contributed by atoms with Gasteiger partial charge in [0.25, 0.3) is 0 Å². The fourth-order valence-corrected chi connectivity index (χ4v) is 5.28. The Morgan fingerprint density at radius 2 is 2.13 bits per heavy atom. The van der Waals surface area contributed by atoms with Crippen LogP contribution in [0.25, 0.3) is 10.9 Å². The zero-order valence-electron chi connectivity index (χ0n) is 16.5. The van der Waals surface area contributed by atoms with Crippen LogP contribution in [0.5, 0.6) is 5.75 Å². The molecule has 1 N–H and O–H groups in total. The summed E-state index contributed by atoms with van der Waals surface area (Å²) < 4.78 is 11.7. The molecule has 3 aliphatic rings. The van der Waals surface area contributed by atoms with Crippen LogP contribution in [0.1, 0.15) is 36.8 Å². The van der Waals surface area contributed by atoms with Crippen LogP contribution < -0.4 is 10.1 Å². The highest BCUT2D eigenvalue weighted by Crippen LogP contribution is 2.32. The summed E-state index contributed by atoms with van der Waals surface area (Å²) >= 11 is 0. The number of hydrogen-bond donors (Lipinski definition) is 1. The third-order valence-corrected chi connectivity index (χ3v) is 7.16. The molecule has 7 nitrogen and oxygen atoms in total. The van der Waals surface area contributed by atoms with Crippen LogP contribution >= 0.6 is 10.5 Å². The van der Waals surface area contributed by atoms with E-state index in [0.29, 0.717) is 36.3 Å². The van der Waals surface area contributed by atoms with E-state index < -0.39 is 0 Å². The molecule has 8 heteroatoms. The maximum atomic E-state index is 11.9. The Kier molecular flexibility index (Phi) is 5.23. The predicted octanol–water partition coefficient (Wildman–Crippen LogP) is 2.73. The minimum Gasteiger partial charge on any atom is -0.488 e. The fraction of sp³-hybridized carbons (Fsp3) is 0.409. The zero-order chi connectivity index (χ0) is 20.5. The average Bonchev–Trinajstić information content (AvgIpc) is 3.51. The van der Waals surface area contributed by atoms with Crippen LogP contribution in [0.15, 0.2) is 29.4 Å². The molecule has 5 rings (SSSR count). The minimum absolute atomic E-state index is 0.0201. The van der Waals surface area contributed by atoms with Crippen molar-refractivity contribution in [1.29, 1.82) is 5.26 Å². The first kappa shape index (κ1) is 19.2. The van der Waals surface area contributed by atoms with Crippen molar-refractivity contribution < 1.29 is 14.3 Å². The maximum Gasteiger partial charge on any atom is 0.235 e. The maximum absolute atomic E-state index is 11.9. The number of amides is 1. The van der Waals surface area contributed by atoms with Crippen LogP contribution in [0.2, 0.25) is 0 Å². The smallest absolute Gasteiger partial charge is 0.235 e. The Balaban J connectivity index is 1.53. The summed E-state index contributed by atoms with van der Waals surface area (Å²) in [6.45, 7) is 1.34. The Bertz CT molecular complexity index is 1110. The number of carbonyl (C=O) groups is 1. The van der Waals surface area contributed by atoms with Crippen LogP contribution in [0.4, 0.5) is 0 Å². The second-order valence-corrected chi connectivity index (χ2v) is 9.49. The highest BCUT2D eigenvalue weighted by Gasteiger charge is 2.27. The van der Waals surface area contributed by atoms with Crippen molar-refractivity contribution in [3.63, 3.8) is 0 Å². The molecule has 30 heavy (non-hydrogen) atoms. The lowest BCUT2D eigenvalue weighted by atomic mass is 10.1. The van der Waals surface area contributed by atoms with Gasteiger partial charge in [0.15, 0.2) is 5.17 Å². The Morgan fingerprint density at radius 1 is 1.30 bits per heavy atom. The number of benzene rings is 1. The molecule has 154 valence electrons. The normalized spacial score (nSPS) is 23.6. The van der Waals surface area contributed by atoms with Crippen LogP contribution in [0.3, 0.4) is 0 Å². The first-order valence-electron chi connectivity index (χ1n) is 10.2. The van der Waals surface area contributed by atoms with E-state index in [2.05, 4.69) is 26.7 Å². The molecule has 2 saturated heterocycles. The van der Waals surface area contributed by atoms with Crippen LogP contribution in [0, 0.1) is 11.3 Å². The van der Waals surface area contributed by atoms with Gasteiger partial charge in [0.05, 0.1) is 30.5 Å². The summed E-state index contributed by atoms with van der Waals surface area (Å²) in [5.41, 5.74) is 2.19. The number of fused-ring (bicyclic) bond motifs is 1. The molecule has 3 heterocycles. The number of nitriles is 1. The molecule has 1 amide bonds. The largest absolute Gasteiger partial charge is 0.488 e. The first-order chi connectivity index (χ1) is 14.7. The summed E-state index contributed by atoms with van der Waals surface area (Å²) in [6, 6.07) is 8.50. The Labute approximate surface area is 177 Å². The van der Waals surface area contributed by atoms with Gasteiger partial charge < -0.3 is 14.8 Å². The minimum atomic E-state index is -0.368. The number of pyridine rings is 1. The Hall–Kier alpha value is -2.76. The molecule has 1 unspecified atom stereocenters. The van der Waals surface area contributed by atoms with Gasteiger partial charge in [-0.05, 0) is 35.9 Å². The Morgan fingerprint density at radius 3 is 2.90 bits per heavy atom. The monoisotopic (exact) mass is 422 g/mol. The van der Waals surface area contributed by atoms with Crippen molar-refractivity contribution in [2.45, 2.75) is 37.8 Å². The van der Waals surface area contributed by atoms with E-state index in [1.54, 1.807) is 6.20 Å². The molecule has 3 fully saturated rings. The molecule has 1 atom stereocenters. The summed E-state index contributed by atoms with van der Waals surface area (Å²) in [5.74, 6) is 1.04. The van der Waals surface area contributed by atoms with Crippen molar-refractivity contribution in [2.75, 3.05) is 19.0 Å². The zero-order valence-corrected chi connectivity index (χ0v) is 17.3. The molecule has 2 aromatic rings. The van der Waals surface area contributed by atoms with Crippen molar-refractivity contribution in [1.82, 2.24) is 10.3 Å². The van der Waals surface area contributed by atoms with Gasteiger partial charge in [-0.25, -0.2) is 0 Å². The van der Waals surface area contributed by atoms with E-state index in [1.807, 2.05) is 18.2 Å². The van der Waals surface area contributed by atoms with Crippen molar-refractivity contribution in [3.05, 3.63) is 35.5 Å². The lowest BCUT2D eigenvalue weighted by molar-refractivity contribution is -0.116. The van der Waals surface area contributed by atoms with Crippen molar-refractivity contribution >= 4 is 37.8 Å². The van der Waals surface area contributed by atoms with Crippen molar-refractivity contribution in [3.8, 4) is 11.8 Å². The lowest BCUT2D eigenvalue weighted by Crippen LogP contribution is -2.26. The number of nitrogens with zero attached hydrogens (tertiary/aromatic N) is 3. The standard InChI is InChI=1S/C22H22N4O3S/c23-10-15-11-24-19-4-1-14(9-18(19)21(15)29-17-5-7-28-8-6-17)12-30-13-20(27)26-22(30)25-16-2-3-16/h1,4,9,11-12,16-17H,2-3,5-8,13H2,(H,25,26,27). The van der Waals surface area contributed by atoms with E-state index in [9.17, 15) is 10.1 Å². The number of ether oxygens (including phenoxy) is 2. The molecular formula is C22H22N4O3S. The van der Waals surface area contributed by atoms with E-state index >= 15 is 0 Å². The van der Waals surface area contributed by atoms with E-state index in [4.69, 9.17) is 9.47 Å². The number of aliphatic imine (C=N–C) groups is 1. The van der Waals surface area contributed by atoms with E-state index in [1.165, 1.54) is 0 Å². The molecule has 1 saturated carbocycles. The highest BCUT2D eigenvalue weighted by atomic mass is 32.2. The quantitative estimate of drug-likeness (QED) is 0.764. The van der Waals surface area contributed by atoms with Gasteiger partial charge in [0.1, 0.15) is 23.5 Å². The molecule has 2 aliphatic heterocycles. The van der Waals surface area contributed by atoms with Gasteiger partial charge in [-0.1, -0.05) is 6.07 Å². The summed E-state index contributed by atoms with van der Waals surface area (Å²) in [6.07, 6.45) is 5.41. The summed E-state index contributed by atoms with van der Waals surface area (Å²) in [4.78, 5) is 21.0. The van der Waals surface area contributed by atoms with Crippen LogP contribution in [-0.2, 0) is 9.53 Å². The molecule has 1 aromatic carbocycles. The second-order valence-electron chi connectivity index (χ2n) is 7.72. The average molecular weight is 423 g/mol. The summed E-state index contributed by atoms with van der Waals surface area (Å²) in [5, 5.41) is 16.2. The van der Waals surface area contributed by atoms with E-state index in [0.717, 1.165) is 47.3 Å². The molecule has 0 bridgehead atoms. The van der Waals surface area contributed by atoms with Gasteiger partial charge in [0.2, 0.25) is 5.91 Å². The van der Waals surface area contributed by atoms with Crippen molar-refractivity contribution in [2.24, 2.45) is 4.99 Å². The van der Waals surface area contributed by atoms with Gasteiger partial charge in [-0.15, -0.1) is 10.5 Å². The van der Waals surface area contributed by atoms with Crippen LogP contribution in [-0.4, -0.2) is 52.5 Å². The van der Waals surface area contributed by atoms with Gasteiger partial charge in [-0.2, -0.15) is 5.26 Å². The SMILES string of the molecule is N#Cc1cnc2ccc(C=S3CC(=O)NC3=NC3CC3)cc2c1OC1CCOCC1. The number of rotatable bonds is 4. The second kappa shape index (κ2) is 8.17. The topological polar surface area (TPSA) is 96.6 Å². The number of amidine groups is 1. The molecule has 1 aliphatic carbocycles. The highest BCUT2D eigenvalue weighted by molar-refractivity contribution is 8.29. The first-order valence-corrected chi connectivity index (χ1v) is 11.6. The third-order valence-electron chi connectivity index (χ3n) is 5.32.